The van der Waals surface area contributed by atoms with Gasteiger partial charge in [0.15, 0.2) is 0 Å². The molecular formula is C20H26F3N3O2. The van der Waals surface area contributed by atoms with E-state index in [1.54, 1.807) is 11.8 Å². The summed E-state index contributed by atoms with van der Waals surface area (Å²) in [4.78, 5) is 9.75. The maximum Gasteiger partial charge on any atom is 0.423 e. The Bertz CT molecular complexity index is 751. The predicted molar refractivity (Wildman–Crippen MR) is 102 cm³/mol. The number of alkyl halides is 3. The number of benzene rings is 1. The van der Waals surface area contributed by atoms with Crippen LogP contribution in [0, 0.1) is 0 Å². The van der Waals surface area contributed by atoms with E-state index in [2.05, 4.69) is 9.97 Å². The van der Waals surface area contributed by atoms with Crippen molar-refractivity contribution in [2.45, 2.75) is 52.8 Å². The molecule has 0 bridgehead atoms. The number of hydrogen-bond donors (Lipinski definition) is 0. The number of anilines is 2. The van der Waals surface area contributed by atoms with Crippen LogP contribution in [0.15, 0.2) is 30.5 Å². The van der Waals surface area contributed by atoms with Crippen LogP contribution in [0.25, 0.3) is 0 Å². The molecule has 0 saturated carbocycles. The number of aromatic nitrogens is 2. The third-order valence-corrected chi connectivity index (χ3v) is 4.11. The third kappa shape index (κ3) is 5.50. The number of nitrogens with zero attached hydrogens (tertiary/aromatic N) is 3. The second kappa shape index (κ2) is 9.61. The Morgan fingerprint density at radius 1 is 1.11 bits per heavy atom. The molecule has 0 aliphatic rings. The topological polar surface area (TPSA) is 47.5 Å². The average Bonchev–Trinajstić information content (AvgIpc) is 2.67. The minimum absolute atomic E-state index is 0.149. The second-order valence-corrected chi connectivity index (χ2v) is 6.31. The molecule has 0 fully saturated rings. The Balaban J connectivity index is 2.36. The summed E-state index contributed by atoms with van der Waals surface area (Å²) in [5.74, 6) is 0.431. The first-order chi connectivity index (χ1) is 13.3. The molecule has 0 spiro atoms. The van der Waals surface area contributed by atoms with Crippen molar-refractivity contribution in [2.75, 3.05) is 18.1 Å². The van der Waals surface area contributed by atoms with Crippen molar-refractivity contribution in [3.05, 3.63) is 36.0 Å². The molecule has 154 valence electrons. The maximum atomic E-state index is 13.3. The van der Waals surface area contributed by atoms with Crippen molar-refractivity contribution in [2.24, 2.45) is 0 Å². The molecule has 2 aromatic rings. The molecule has 0 aliphatic heterocycles. The molecule has 0 amide bonds. The van der Waals surface area contributed by atoms with E-state index in [-0.39, 0.29) is 5.95 Å². The molecule has 0 saturated heterocycles. The van der Waals surface area contributed by atoms with Crippen LogP contribution in [0.1, 0.15) is 46.1 Å². The van der Waals surface area contributed by atoms with E-state index in [0.29, 0.717) is 19.6 Å². The standard InChI is InChI=1S/C20H26F3N3O2/c1-5-12-27-16-10-8-15(9-11-16)26(7-3)19-24-13-17(20(21,22)23)18(25-19)28-14(4)6-2/h8-11,13-14H,5-7,12H2,1-4H3. The summed E-state index contributed by atoms with van der Waals surface area (Å²) >= 11 is 0. The summed E-state index contributed by atoms with van der Waals surface area (Å²) < 4.78 is 50.9. The van der Waals surface area contributed by atoms with Gasteiger partial charge in [-0.25, -0.2) is 4.98 Å². The van der Waals surface area contributed by atoms with Crippen molar-refractivity contribution in [3.63, 3.8) is 0 Å². The highest BCUT2D eigenvalue weighted by molar-refractivity contribution is 5.58. The molecule has 1 aromatic heterocycles. The molecule has 2 rings (SSSR count). The van der Waals surface area contributed by atoms with Crippen molar-refractivity contribution >= 4 is 11.6 Å². The Hall–Kier alpha value is -2.51. The SMILES string of the molecule is CCCOc1ccc(N(CC)c2ncc(C(F)(F)F)c(OC(C)CC)n2)cc1. The molecule has 0 radical (unpaired) electrons. The Kier molecular flexibility index (Phi) is 7.48. The molecule has 5 nitrogen and oxygen atoms in total. The lowest BCUT2D eigenvalue weighted by atomic mass is 10.2. The molecule has 1 atom stereocenters. The zero-order valence-electron chi connectivity index (χ0n) is 16.6. The Morgan fingerprint density at radius 3 is 2.32 bits per heavy atom. The largest absolute Gasteiger partial charge is 0.494 e. The minimum atomic E-state index is -4.59. The highest BCUT2D eigenvalue weighted by atomic mass is 19.4. The van der Waals surface area contributed by atoms with Crippen LogP contribution in [-0.2, 0) is 6.18 Å². The summed E-state index contributed by atoms with van der Waals surface area (Å²) in [6.07, 6.45) is -2.74. The van der Waals surface area contributed by atoms with Crippen molar-refractivity contribution in [1.29, 1.82) is 0 Å². The number of hydrogen-bond acceptors (Lipinski definition) is 5. The van der Waals surface area contributed by atoms with Gasteiger partial charge in [0.1, 0.15) is 11.3 Å². The van der Waals surface area contributed by atoms with Crippen LogP contribution in [0.4, 0.5) is 24.8 Å². The van der Waals surface area contributed by atoms with E-state index in [1.807, 2.05) is 45.0 Å². The zero-order chi connectivity index (χ0) is 20.7. The number of ether oxygens (including phenoxy) is 2. The fourth-order valence-electron chi connectivity index (χ4n) is 2.43. The smallest absolute Gasteiger partial charge is 0.423 e. The molecule has 8 heteroatoms. The van der Waals surface area contributed by atoms with Crippen LogP contribution in [-0.4, -0.2) is 29.2 Å². The maximum absolute atomic E-state index is 13.3. The number of halogens is 3. The quantitative estimate of drug-likeness (QED) is 0.550. The zero-order valence-corrected chi connectivity index (χ0v) is 16.6. The first-order valence-electron chi connectivity index (χ1n) is 9.41. The summed E-state index contributed by atoms with van der Waals surface area (Å²) in [5.41, 5.74) is -0.225. The van der Waals surface area contributed by atoms with Crippen LogP contribution >= 0.6 is 0 Å². The molecular weight excluding hydrogens is 371 g/mol. The highest BCUT2D eigenvalue weighted by Gasteiger charge is 2.37. The summed E-state index contributed by atoms with van der Waals surface area (Å²) in [5, 5.41) is 0. The van der Waals surface area contributed by atoms with Gasteiger partial charge < -0.3 is 14.4 Å². The summed E-state index contributed by atoms with van der Waals surface area (Å²) in [6, 6.07) is 7.28. The van der Waals surface area contributed by atoms with E-state index in [1.165, 1.54) is 0 Å². The van der Waals surface area contributed by atoms with Crippen LogP contribution in [0.2, 0.25) is 0 Å². The van der Waals surface area contributed by atoms with Gasteiger partial charge in [0.05, 0.1) is 12.7 Å². The lowest BCUT2D eigenvalue weighted by molar-refractivity contribution is -0.139. The summed E-state index contributed by atoms with van der Waals surface area (Å²) in [6.45, 7) is 8.53. The third-order valence-electron chi connectivity index (χ3n) is 4.11. The lowest BCUT2D eigenvalue weighted by Gasteiger charge is -2.23. The van der Waals surface area contributed by atoms with Gasteiger partial charge in [-0.1, -0.05) is 13.8 Å². The molecule has 0 N–H and O–H groups in total. The Morgan fingerprint density at radius 2 is 1.79 bits per heavy atom. The van der Waals surface area contributed by atoms with Crippen molar-refractivity contribution in [1.82, 2.24) is 9.97 Å². The molecule has 1 unspecified atom stereocenters. The van der Waals surface area contributed by atoms with Crippen molar-refractivity contribution in [3.8, 4) is 11.6 Å². The van der Waals surface area contributed by atoms with Gasteiger partial charge >= 0.3 is 6.18 Å². The molecule has 0 aliphatic carbocycles. The average molecular weight is 397 g/mol. The van der Waals surface area contributed by atoms with Crippen molar-refractivity contribution < 1.29 is 22.6 Å². The van der Waals surface area contributed by atoms with Gasteiger partial charge in [-0.2, -0.15) is 18.2 Å². The fraction of sp³-hybridized carbons (Fsp3) is 0.500. The molecule has 1 aromatic carbocycles. The van der Waals surface area contributed by atoms with Gasteiger partial charge in [-0.15, -0.1) is 0 Å². The molecule has 1 heterocycles. The highest BCUT2D eigenvalue weighted by Crippen LogP contribution is 2.37. The predicted octanol–water partition coefficient (Wildman–Crippen LogP) is 5.62. The van der Waals surface area contributed by atoms with Crippen LogP contribution < -0.4 is 14.4 Å². The van der Waals surface area contributed by atoms with Crippen LogP contribution in [0.5, 0.6) is 11.6 Å². The lowest BCUT2D eigenvalue weighted by Crippen LogP contribution is -2.22. The minimum Gasteiger partial charge on any atom is -0.494 e. The van der Waals surface area contributed by atoms with Crippen LogP contribution in [0.3, 0.4) is 0 Å². The van der Waals surface area contributed by atoms with Gasteiger partial charge in [-0.3, -0.25) is 0 Å². The van der Waals surface area contributed by atoms with E-state index >= 15 is 0 Å². The van der Waals surface area contributed by atoms with E-state index in [0.717, 1.165) is 24.1 Å². The second-order valence-electron chi connectivity index (χ2n) is 6.31. The van der Waals surface area contributed by atoms with Gasteiger partial charge in [0.2, 0.25) is 11.8 Å². The monoisotopic (exact) mass is 397 g/mol. The van der Waals surface area contributed by atoms with E-state index in [4.69, 9.17) is 9.47 Å². The fourth-order valence-corrected chi connectivity index (χ4v) is 2.43. The molecule has 28 heavy (non-hydrogen) atoms. The van der Waals surface area contributed by atoms with Gasteiger partial charge in [0, 0.05) is 18.4 Å². The number of rotatable bonds is 9. The first kappa shape index (κ1) is 21.8. The van der Waals surface area contributed by atoms with Gasteiger partial charge in [-0.05, 0) is 51.0 Å². The van der Waals surface area contributed by atoms with Gasteiger partial charge in [0.25, 0.3) is 0 Å². The first-order valence-corrected chi connectivity index (χ1v) is 9.41. The van der Waals surface area contributed by atoms with E-state index in [9.17, 15) is 13.2 Å². The summed E-state index contributed by atoms with van der Waals surface area (Å²) in [7, 11) is 0. The van der Waals surface area contributed by atoms with E-state index < -0.39 is 23.7 Å². The normalized spacial score (nSPS) is 12.5. The Labute approximate surface area is 163 Å².